The van der Waals surface area contributed by atoms with Crippen molar-refractivity contribution in [1.29, 1.82) is 0 Å². The van der Waals surface area contributed by atoms with Gasteiger partial charge in [0.1, 0.15) is 0 Å². The number of sulfonamides is 1. The highest BCUT2D eigenvalue weighted by Crippen LogP contribution is 2.45. The van der Waals surface area contributed by atoms with Crippen LogP contribution >= 0.6 is 0 Å². The molecule has 0 radical (unpaired) electrons. The normalized spacial score (nSPS) is 14.0. The summed E-state index contributed by atoms with van der Waals surface area (Å²) in [6.07, 6.45) is -11.4. The Morgan fingerprint density at radius 1 is 1.14 bits per heavy atom. The lowest BCUT2D eigenvalue weighted by Crippen LogP contribution is -2.36. The summed E-state index contributed by atoms with van der Waals surface area (Å²) < 4.78 is 98.4. The van der Waals surface area contributed by atoms with Gasteiger partial charge in [-0.2, -0.15) is 26.3 Å². The van der Waals surface area contributed by atoms with Gasteiger partial charge in [-0.1, -0.05) is 6.92 Å². The first-order valence-electron chi connectivity index (χ1n) is 5.39. The van der Waals surface area contributed by atoms with Crippen molar-refractivity contribution in [3.05, 3.63) is 5.82 Å². The number of nitrogens with two attached hydrogens (primary N) is 1. The summed E-state index contributed by atoms with van der Waals surface area (Å²) in [6, 6.07) is 0. The predicted octanol–water partition coefficient (Wildman–Crippen LogP) is 1.54. The lowest BCUT2D eigenvalue weighted by atomic mass is 10.1. The second-order valence-corrected chi connectivity index (χ2v) is 5.51. The first-order chi connectivity index (χ1) is 9.30. The molecule has 0 unspecified atom stereocenters. The summed E-state index contributed by atoms with van der Waals surface area (Å²) >= 11 is 0. The van der Waals surface area contributed by atoms with Crippen molar-refractivity contribution in [1.82, 2.24) is 14.8 Å². The topological polar surface area (TPSA) is 90.9 Å². The van der Waals surface area contributed by atoms with Crippen LogP contribution in [0.1, 0.15) is 25.1 Å². The number of hydrogen-bond donors (Lipinski definition) is 1. The van der Waals surface area contributed by atoms with Gasteiger partial charge in [-0.25, -0.2) is 13.6 Å². The summed E-state index contributed by atoms with van der Waals surface area (Å²) in [5.41, 5.74) is 0. The molecule has 1 aromatic heterocycles. The van der Waals surface area contributed by atoms with Crippen LogP contribution in [0.15, 0.2) is 5.16 Å². The maximum absolute atomic E-state index is 12.6. The van der Waals surface area contributed by atoms with Crippen LogP contribution in [0.5, 0.6) is 0 Å². The average molecular weight is 340 g/mol. The van der Waals surface area contributed by atoms with E-state index in [0.717, 1.165) is 0 Å². The van der Waals surface area contributed by atoms with E-state index in [0.29, 0.717) is 0 Å². The molecule has 1 heterocycles. The molecule has 0 bridgehead atoms. The zero-order valence-electron chi connectivity index (χ0n) is 10.4. The van der Waals surface area contributed by atoms with Crippen LogP contribution < -0.4 is 5.14 Å². The van der Waals surface area contributed by atoms with Crippen molar-refractivity contribution in [2.75, 3.05) is 0 Å². The fourth-order valence-electron chi connectivity index (χ4n) is 1.64. The third kappa shape index (κ3) is 3.84. The van der Waals surface area contributed by atoms with Crippen LogP contribution in [0.2, 0.25) is 0 Å². The SMILES string of the molecule is CCCn1c(C(C(F)(F)F)C(F)(F)F)nnc1S(N)(=O)=O. The third-order valence-electron chi connectivity index (χ3n) is 2.36. The van der Waals surface area contributed by atoms with E-state index in [2.05, 4.69) is 10.2 Å². The van der Waals surface area contributed by atoms with Crippen LogP contribution in [0.3, 0.4) is 0 Å². The molecule has 0 aliphatic rings. The number of nitrogens with zero attached hydrogens (tertiary/aromatic N) is 3. The number of alkyl halides is 6. The summed E-state index contributed by atoms with van der Waals surface area (Å²) in [6.45, 7) is 0.962. The monoisotopic (exact) mass is 340 g/mol. The molecule has 0 saturated carbocycles. The molecule has 0 fully saturated rings. The second kappa shape index (κ2) is 5.44. The van der Waals surface area contributed by atoms with Gasteiger partial charge >= 0.3 is 12.4 Å². The number of aromatic nitrogens is 3. The third-order valence-corrected chi connectivity index (χ3v) is 3.17. The lowest BCUT2D eigenvalue weighted by Gasteiger charge is -2.22. The van der Waals surface area contributed by atoms with Gasteiger partial charge in [0.05, 0.1) is 0 Å². The van der Waals surface area contributed by atoms with Crippen LogP contribution in [0.25, 0.3) is 0 Å². The fraction of sp³-hybridized carbons (Fsp3) is 0.750. The van der Waals surface area contributed by atoms with Gasteiger partial charge in [0.15, 0.2) is 5.82 Å². The molecular formula is C8H10F6N4O2S. The maximum atomic E-state index is 12.6. The zero-order chi connectivity index (χ0) is 16.6. The molecule has 0 amide bonds. The Balaban J connectivity index is 3.58. The summed E-state index contributed by atoms with van der Waals surface area (Å²) in [7, 11) is -4.60. The Hall–Kier alpha value is -1.37. The van der Waals surface area contributed by atoms with Crippen LogP contribution in [0, 0.1) is 0 Å². The highest BCUT2D eigenvalue weighted by Gasteiger charge is 2.60. The van der Waals surface area contributed by atoms with E-state index >= 15 is 0 Å². The molecule has 0 atom stereocenters. The Morgan fingerprint density at radius 3 is 1.95 bits per heavy atom. The zero-order valence-corrected chi connectivity index (χ0v) is 11.2. The predicted molar refractivity (Wildman–Crippen MR) is 56.5 cm³/mol. The highest BCUT2D eigenvalue weighted by atomic mass is 32.2. The summed E-state index contributed by atoms with van der Waals surface area (Å²) in [5.74, 6) is -5.50. The van der Waals surface area contributed by atoms with Crippen LogP contribution in [-0.4, -0.2) is 35.5 Å². The number of hydrogen-bond acceptors (Lipinski definition) is 4. The van der Waals surface area contributed by atoms with E-state index in [4.69, 9.17) is 5.14 Å². The van der Waals surface area contributed by atoms with E-state index in [-0.39, 0.29) is 11.0 Å². The molecule has 0 aromatic carbocycles. The van der Waals surface area contributed by atoms with Gasteiger partial charge in [-0.15, -0.1) is 10.2 Å². The standard InChI is InChI=1S/C8H10F6N4O2S/c1-2-3-18-5(16-17-6(18)21(15,19)20)4(7(9,10)11)8(12,13)14/h4H,2-3H2,1H3,(H2,15,19,20). The van der Waals surface area contributed by atoms with Gasteiger partial charge in [-0.3, -0.25) is 4.57 Å². The Kier molecular flexibility index (Phi) is 4.58. The molecular weight excluding hydrogens is 330 g/mol. The molecule has 1 aromatic rings. The van der Waals surface area contributed by atoms with E-state index in [1.165, 1.54) is 6.92 Å². The quantitative estimate of drug-likeness (QED) is 0.842. The van der Waals surface area contributed by atoms with Gasteiger partial charge in [0, 0.05) is 6.54 Å². The minimum atomic E-state index is -5.70. The highest BCUT2D eigenvalue weighted by molar-refractivity contribution is 7.89. The molecule has 1 rings (SSSR count). The lowest BCUT2D eigenvalue weighted by molar-refractivity contribution is -0.256. The minimum absolute atomic E-state index is 0.0516. The fourth-order valence-corrected chi connectivity index (χ4v) is 2.28. The minimum Gasteiger partial charge on any atom is -0.300 e. The van der Waals surface area contributed by atoms with Gasteiger partial charge in [0.2, 0.25) is 5.92 Å². The van der Waals surface area contributed by atoms with Crippen molar-refractivity contribution in [3.63, 3.8) is 0 Å². The van der Waals surface area contributed by atoms with Gasteiger partial charge < -0.3 is 0 Å². The molecule has 6 nitrogen and oxygen atoms in total. The molecule has 21 heavy (non-hydrogen) atoms. The van der Waals surface area contributed by atoms with Crippen molar-refractivity contribution in [2.24, 2.45) is 5.14 Å². The smallest absolute Gasteiger partial charge is 0.300 e. The molecule has 122 valence electrons. The first-order valence-corrected chi connectivity index (χ1v) is 6.94. The van der Waals surface area contributed by atoms with Gasteiger partial charge in [-0.05, 0) is 6.42 Å². The summed E-state index contributed by atoms with van der Waals surface area (Å²) in [4.78, 5) is 0. The van der Waals surface area contributed by atoms with E-state index < -0.39 is 45.8 Å². The Morgan fingerprint density at radius 2 is 1.62 bits per heavy atom. The molecule has 0 spiro atoms. The average Bonchev–Trinajstić information content (AvgIpc) is 2.57. The van der Waals surface area contributed by atoms with Crippen LogP contribution in [0.4, 0.5) is 26.3 Å². The first kappa shape index (κ1) is 17.7. The van der Waals surface area contributed by atoms with E-state index in [1.54, 1.807) is 0 Å². The Labute approximate surface area is 115 Å². The number of halogens is 6. The van der Waals surface area contributed by atoms with E-state index in [1.807, 2.05) is 0 Å². The molecule has 0 aliphatic carbocycles. The molecule has 0 aliphatic heterocycles. The number of primary sulfonamides is 1. The van der Waals surface area contributed by atoms with Crippen molar-refractivity contribution in [3.8, 4) is 0 Å². The Bertz CT molecular complexity index is 591. The number of rotatable bonds is 4. The van der Waals surface area contributed by atoms with Gasteiger partial charge in [0.25, 0.3) is 15.2 Å². The van der Waals surface area contributed by atoms with Crippen LogP contribution in [-0.2, 0) is 16.6 Å². The van der Waals surface area contributed by atoms with E-state index in [9.17, 15) is 34.8 Å². The van der Waals surface area contributed by atoms with Crippen molar-refractivity contribution in [2.45, 2.75) is 43.3 Å². The molecule has 13 heteroatoms. The second-order valence-electron chi connectivity index (χ2n) is 4.05. The summed E-state index contributed by atoms with van der Waals surface area (Å²) in [5, 5.41) is 9.17. The molecule has 0 saturated heterocycles. The largest absolute Gasteiger partial charge is 0.407 e. The maximum Gasteiger partial charge on any atom is 0.407 e. The van der Waals surface area contributed by atoms with Crippen molar-refractivity contribution < 1.29 is 34.8 Å². The van der Waals surface area contributed by atoms with Crippen molar-refractivity contribution >= 4 is 10.0 Å². The molecule has 2 N–H and O–H groups in total.